The van der Waals surface area contributed by atoms with Gasteiger partial charge in [-0.05, 0) is 31.2 Å². The third-order valence-electron chi connectivity index (χ3n) is 3.81. The lowest BCUT2D eigenvalue weighted by Gasteiger charge is -2.38. The molecule has 1 spiro atoms. The molecule has 3 rings (SSSR count). The second-order valence-corrected chi connectivity index (χ2v) is 6.16. The van der Waals surface area contributed by atoms with E-state index in [1.165, 1.54) is 50.3 Å². The Kier molecular flexibility index (Phi) is 2.45. The Hall–Kier alpha value is -0.190. The van der Waals surface area contributed by atoms with Crippen LogP contribution >= 0.6 is 23.1 Å². The molecule has 0 amide bonds. The van der Waals surface area contributed by atoms with E-state index in [2.05, 4.69) is 14.5 Å². The molecule has 0 atom stereocenters. The van der Waals surface area contributed by atoms with Gasteiger partial charge in [0.1, 0.15) is 10.0 Å². The van der Waals surface area contributed by atoms with Crippen LogP contribution in [0, 0.1) is 5.41 Å². The topological polar surface area (TPSA) is 29.0 Å². The van der Waals surface area contributed by atoms with Gasteiger partial charge in [-0.15, -0.1) is 5.10 Å². The van der Waals surface area contributed by atoms with E-state index in [4.69, 9.17) is 11.6 Å². The van der Waals surface area contributed by atoms with Crippen molar-refractivity contribution in [1.29, 1.82) is 0 Å². The molecule has 0 unspecified atom stereocenters. The first-order valence-corrected chi connectivity index (χ1v) is 6.62. The van der Waals surface area contributed by atoms with E-state index in [9.17, 15) is 0 Å². The lowest BCUT2D eigenvalue weighted by atomic mass is 9.68. The Morgan fingerprint density at radius 1 is 1.40 bits per heavy atom. The normalized spacial score (nSPS) is 24.6. The average molecular weight is 244 g/mol. The van der Waals surface area contributed by atoms with Crippen molar-refractivity contribution < 1.29 is 0 Å². The molecule has 2 heterocycles. The highest BCUT2D eigenvalue weighted by atomic mass is 35.5. The summed E-state index contributed by atoms with van der Waals surface area (Å²) in [5, 5.41) is 4.07. The minimum absolute atomic E-state index is 0.663. The van der Waals surface area contributed by atoms with Crippen LogP contribution in [0.5, 0.6) is 0 Å². The number of rotatable bonds is 2. The standard InChI is InChI=1S/C10H14ClN3S/c11-9-8(12-13-15-9)6-14-5-4-10(7-14)2-1-3-10/h1-7H2. The molecule has 15 heavy (non-hydrogen) atoms. The molecule has 0 radical (unpaired) electrons. The van der Waals surface area contributed by atoms with Crippen LogP contribution in [-0.4, -0.2) is 27.6 Å². The van der Waals surface area contributed by atoms with Gasteiger partial charge in [0.05, 0.1) is 0 Å². The van der Waals surface area contributed by atoms with Crippen LogP contribution in [0.25, 0.3) is 0 Å². The SMILES string of the molecule is Clc1snnc1CN1CCC2(CCC2)C1. The molecule has 0 N–H and O–H groups in total. The van der Waals surface area contributed by atoms with Crippen LogP contribution < -0.4 is 0 Å². The molecule has 2 aliphatic rings. The highest BCUT2D eigenvalue weighted by molar-refractivity contribution is 7.10. The number of aromatic nitrogens is 2. The van der Waals surface area contributed by atoms with Crippen molar-refractivity contribution in [3.8, 4) is 0 Å². The minimum Gasteiger partial charge on any atom is -0.297 e. The Labute approximate surface area is 98.6 Å². The van der Waals surface area contributed by atoms with Gasteiger partial charge in [0.2, 0.25) is 0 Å². The van der Waals surface area contributed by atoms with E-state index in [1.807, 2.05) is 0 Å². The summed E-state index contributed by atoms with van der Waals surface area (Å²) in [6.45, 7) is 3.33. The maximum atomic E-state index is 6.00. The molecular formula is C10H14ClN3S. The van der Waals surface area contributed by atoms with Gasteiger partial charge in [0.25, 0.3) is 0 Å². The molecule has 2 fully saturated rings. The largest absolute Gasteiger partial charge is 0.297 e. The zero-order valence-electron chi connectivity index (χ0n) is 8.58. The number of hydrogen-bond donors (Lipinski definition) is 0. The van der Waals surface area contributed by atoms with E-state index < -0.39 is 0 Å². The summed E-state index contributed by atoms with van der Waals surface area (Å²) < 4.78 is 4.62. The highest BCUT2D eigenvalue weighted by Crippen LogP contribution is 2.48. The Morgan fingerprint density at radius 3 is 2.80 bits per heavy atom. The van der Waals surface area contributed by atoms with Crippen LogP contribution in [0.1, 0.15) is 31.4 Å². The predicted molar refractivity (Wildman–Crippen MR) is 61.1 cm³/mol. The maximum absolute atomic E-state index is 6.00. The molecule has 5 heteroatoms. The summed E-state index contributed by atoms with van der Waals surface area (Å²) in [4.78, 5) is 2.47. The number of nitrogens with zero attached hydrogens (tertiary/aromatic N) is 3. The van der Waals surface area contributed by atoms with Crippen LogP contribution in [-0.2, 0) is 6.54 Å². The molecule has 1 aromatic rings. The second-order valence-electron chi connectivity index (χ2n) is 4.81. The Balaban J connectivity index is 1.63. The highest BCUT2D eigenvalue weighted by Gasteiger charge is 2.42. The summed E-state index contributed by atoms with van der Waals surface area (Å²) in [5.41, 5.74) is 1.62. The summed E-state index contributed by atoms with van der Waals surface area (Å²) in [6, 6.07) is 0. The van der Waals surface area contributed by atoms with E-state index in [-0.39, 0.29) is 0 Å². The molecule has 1 saturated heterocycles. The monoisotopic (exact) mass is 243 g/mol. The van der Waals surface area contributed by atoms with Crippen molar-refractivity contribution in [3.63, 3.8) is 0 Å². The van der Waals surface area contributed by atoms with Crippen molar-refractivity contribution in [2.24, 2.45) is 5.41 Å². The van der Waals surface area contributed by atoms with Gasteiger partial charge in [0.15, 0.2) is 0 Å². The van der Waals surface area contributed by atoms with Gasteiger partial charge >= 0.3 is 0 Å². The fraction of sp³-hybridized carbons (Fsp3) is 0.800. The second kappa shape index (κ2) is 3.68. The smallest absolute Gasteiger partial charge is 0.138 e. The third-order valence-corrected chi connectivity index (χ3v) is 4.80. The van der Waals surface area contributed by atoms with Crippen LogP contribution in [0.3, 0.4) is 0 Å². The first-order chi connectivity index (χ1) is 7.27. The molecule has 0 bridgehead atoms. The number of halogens is 1. The summed E-state index contributed by atoms with van der Waals surface area (Å²) in [6.07, 6.45) is 5.63. The molecule has 82 valence electrons. The molecule has 1 aromatic heterocycles. The first kappa shape index (κ1) is 10.00. The van der Waals surface area contributed by atoms with Gasteiger partial charge < -0.3 is 0 Å². The number of likely N-dealkylation sites (tertiary alicyclic amines) is 1. The fourth-order valence-electron chi connectivity index (χ4n) is 2.75. The number of hydrogen-bond acceptors (Lipinski definition) is 4. The van der Waals surface area contributed by atoms with Crippen LogP contribution in [0.15, 0.2) is 0 Å². The average Bonchev–Trinajstić information content (AvgIpc) is 2.74. The first-order valence-electron chi connectivity index (χ1n) is 5.47. The Morgan fingerprint density at radius 2 is 2.27 bits per heavy atom. The van der Waals surface area contributed by atoms with E-state index in [0.717, 1.165) is 16.6 Å². The van der Waals surface area contributed by atoms with Crippen molar-refractivity contribution in [3.05, 3.63) is 10.0 Å². The van der Waals surface area contributed by atoms with Crippen molar-refractivity contribution >= 4 is 23.1 Å². The third kappa shape index (κ3) is 1.79. The summed E-state index contributed by atoms with van der Waals surface area (Å²) in [7, 11) is 0. The van der Waals surface area contributed by atoms with Gasteiger partial charge in [0, 0.05) is 24.6 Å². The van der Waals surface area contributed by atoms with E-state index in [1.54, 1.807) is 0 Å². The van der Waals surface area contributed by atoms with Gasteiger partial charge in [-0.1, -0.05) is 22.5 Å². The quantitative estimate of drug-likeness (QED) is 0.800. The molecule has 0 aromatic carbocycles. The van der Waals surface area contributed by atoms with Crippen LogP contribution in [0.4, 0.5) is 0 Å². The zero-order valence-corrected chi connectivity index (χ0v) is 10.2. The molecule has 1 aliphatic heterocycles. The summed E-state index contributed by atoms with van der Waals surface area (Å²) in [5.74, 6) is 0. The Bertz CT molecular complexity index is 361. The zero-order chi connectivity index (χ0) is 10.3. The van der Waals surface area contributed by atoms with Crippen molar-refractivity contribution in [2.75, 3.05) is 13.1 Å². The van der Waals surface area contributed by atoms with E-state index >= 15 is 0 Å². The summed E-state index contributed by atoms with van der Waals surface area (Å²) >= 11 is 7.29. The minimum atomic E-state index is 0.663. The van der Waals surface area contributed by atoms with Crippen molar-refractivity contribution in [1.82, 2.24) is 14.5 Å². The van der Waals surface area contributed by atoms with Crippen molar-refractivity contribution in [2.45, 2.75) is 32.2 Å². The maximum Gasteiger partial charge on any atom is 0.138 e. The lowest BCUT2D eigenvalue weighted by Crippen LogP contribution is -2.32. The van der Waals surface area contributed by atoms with E-state index in [0.29, 0.717) is 5.41 Å². The fourth-order valence-corrected chi connectivity index (χ4v) is 3.36. The molecule has 1 aliphatic carbocycles. The van der Waals surface area contributed by atoms with Crippen LogP contribution in [0.2, 0.25) is 4.34 Å². The lowest BCUT2D eigenvalue weighted by molar-refractivity contribution is 0.137. The van der Waals surface area contributed by atoms with Gasteiger partial charge in [-0.2, -0.15) is 0 Å². The van der Waals surface area contributed by atoms with Gasteiger partial charge in [-0.3, -0.25) is 4.90 Å². The predicted octanol–water partition coefficient (Wildman–Crippen LogP) is 2.57. The molecule has 1 saturated carbocycles. The molecule has 3 nitrogen and oxygen atoms in total. The van der Waals surface area contributed by atoms with Gasteiger partial charge in [-0.25, -0.2) is 0 Å². The molecular weight excluding hydrogens is 230 g/mol.